The summed E-state index contributed by atoms with van der Waals surface area (Å²) in [4.78, 5) is 0. The van der Waals surface area contributed by atoms with E-state index in [1.165, 1.54) is 11.1 Å². The van der Waals surface area contributed by atoms with Gasteiger partial charge in [0.2, 0.25) is 0 Å². The lowest BCUT2D eigenvalue weighted by molar-refractivity contribution is 0.116. The zero-order valence-electron chi connectivity index (χ0n) is 14.2. The van der Waals surface area contributed by atoms with Crippen LogP contribution >= 0.6 is 15.9 Å². The van der Waals surface area contributed by atoms with Gasteiger partial charge in [-0.1, -0.05) is 33.9 Å². The Morgan fingerprint density at radius 1 is 1.19 bits per heavy atom. The summed E-state index contributed by atoms with van der Waals surface area (Å²) in [5, 5.41) is 0.329. The van der Waals surface area contributed by atoms with Crippen LogP contribution < -0.4 is 4.74 Å². The molecule has 1 aromatic carbocycles. The predicted molar refractivity (Wildman–Crippen MR) is 96.1 cm³/mol. The number of hydrogen-bond acceptors (Lipinski definition) is 2. The average Bonchev–Trinajstić information content (AvgIpc) is 2.44. The maximum Gasteiger partial charge on any atom is 0.133 e. The van der Waals surface area contributed by atoms with Crippen LogP contribution in [-0.2, 0) is 17.6 Å². The molecule has 0 amide bonds. The van der Waals surface area contributed by atoms with Gasteiger partial charge in [-0.3, -0.25) is 0 Å². The van der Waals surface area contributed by atoms with Crippen LogP contribution in [0.1, 0.15) is 31.9 Å². The third-order valence-corrected chi connectivity index (χ3v) is 7.66. The maximum atomic E-state index is 5.94. The molecule has 4 heteroatoms. The first-order chi connectivity index (χ1) is 9.81. The van der Waals surface area contributed by atoms with Crippen molar-refractivity contribution in [2.45, 2.75) is 51.7 Å². The minimum Gasteiger partial charge on any atom is -0.496 e. The highest BCUT2D eigenvalue weighted by Crippen LogP contribution is 2.30. The summed E-state index contributed by atoms with van der Waals surface area (Å²) in [6.07, 6.45) is 1.97. The molecule has 0 aliphatic heterocycles. The first kappa shape index (κ1) is 18.7. The van der Waals surface area contributed by atoms with Gasteiger partial charge >= 0.3 is 0 Å². The Morgan fingerprint density at radius 2 is 1.86 bits per heavy atom. The smallest absolute Gasteiger partial charge is 0.133 e. The van der Waals surface area contributed by atoms with Crippen LogP contribution in [0.3, 0.4) is 0 Å². The zero-order chi connectivity index (χ0) is 16.0. The first-order valence-corrected chi connectivity index (χ1v) is 10.8. The SMILES string of the molecule is CCc1cc(Br)c(OC)cc1CCOCC(C)(C)[Si](C)C. The quantitative estimate of drug-likeness (QED) is 0.466. The fourth-order valence-electron chi connectivity index (χ4n) is 2.01. The van der Waals surface area contributed by atoms with Crippen molar-refractivity contribution in [2.24, 2.45) is 0 Å². The molecule has 0 aromatic heterocycles. The fraction of sp³-hybridized carbons (Fsp3) is 0.647. The molecular formula is C17H28BrO2Si. The number of rotatable bonds is 8. The van der Waals surface area contributed by atoms with Gasteiger partial charge < -0.3 is 9.47 Å². The van der Waals surface area contributed by atoms with Crippen LogP contribution in [0.25, 0.3) is 0 Å². The Morgan fingerprint density at radius 3 is 2.38 bits per heavy atom. The highest BCUT2D eigenvalue weighted by atomic mass is 79.9. The molecule has 1 rings (SSSR count). The average molecular weight is 372 g/mol. The number of halogens is 1. The van der Waals surface area contributed by atoms with E-state index in [4.69, 9.17) is 9.47 Å². The Labute approximate surface area is 140 Å². The molecule has 0 unspecified atom stereocenters. The molecule has 1 aromatic rings. The van der Waals surface area contributed by atoms with E-state index in [2.05, 4.69) is 61.9 Å². The molecular weight excluding hydrogens is 344 g/mol. The molecule has 0 bridgehead atoms. The van der Waals surface area contributed by atoms with Crippen molar-refractivity contribution in [2.75, 3.05) is 20.3 Å². The lowest BCUT2D eigenvalue weighted by Crippen LogP contribution is -2.26. The summed E-state index contributed by atoms with van der Waals surface area (Å²) in [7, 11) is 1.37. The van der Waals surface area contributed by atoms with Crippen molar-refractivity contribution in [3.05, 3.63) is 27.7 Å². The lowest BCUT2D eigenvalue weighted by atomic mass is 10.0. The lowest BCUT2D eigenvalue weighted by Gasteiger charge is -2.27. The fourth-order valence-corrected chi connectivity index (χ4v) is 2.95. The standard InChI is InChI=1S/C17H28BrO2Si/c1-7-13-10-15(18)16(19-4)11-14(13)8-9-20-12-17(2,3)21(5)6/h10-11H,7-9,12H2,1-6H3. The van der Waals surface area contributed by atoms with E-state index < -0.39 is 0 Å². The van der Waals surface area contributed by atoms with Crippen molar-refractivity contribution < 1.29 is 9.47 Å². The maximum absolute atomic E-state index is 5.94. The Balaban J connectivity index is 2.63. The minimum absolute atomic E-state index is 0.329. The number of methoxy groups -OCH3 is 1. The third kappa shape index (κ3) is 5.42. The number of benzene rings is 1. The van der Waals surface area contributed by atoms with E-state index in [-0.39, 0.29) is 8.80 Å². The van der Waals surface area contributed by atoms with Crippen LogP contribution in [0.4, 0.5) is 0 Å². The van der Waals surface area contributed by atoms with Crippen LogP contribution in [0.15, 0.2) is 16.6 Å². The van der Waals surface area contributed by atoms with Crippen LogP contribution in [0.5, 0.6) is 5.75 Å². The Kier molecular flexibility index (Phi) is 7.44. The molecule has 21 heavy (non-hydrogen) atoms. The highest BCUT2D eigenvalue weighted by molar-refractivity contribution is 9.10. The molecule has 2 nitrogen and oxygen atoms in total. The molecule has 0 saturated heterocycles. The van der Waals surface area contributed by atoms with Gasteiger partial charge in [-0.2, -0.15) is 0 Å². The van der Waals surface area contributed by atoms with Gasteiger partial charge in [0, 0.05) is 6.61 Å². The second kappa shape index (κ2) is 8.35. The molecule has 0 atom stereocenters. The number of aryl methyl sites for hydroxylation is 1. The summed E-state index contributed by atoms with van der Waals surface area (Å²) in [5.74, 6) is 0.898. The summed E-state index contributed by atoms with van der Waals surface area (Å²) >= 11 is 3.55. The molecule has 0 saturated carbocycles. The van der Waals surface area contributed by atoms with Crippen molar-refractivity contribution in [1.82, 2.24) is 0 Å². The molecule has 0 heterocycles. The summed E-state index contributed by atoms with van der Waals surface area (Å²) in [6.45, 7) is 13.1. The molecule has 1 radical (unpaired) electrons. The topological polar surface area (TPSA) is 18.5 Å². The van der Waals surface area contributed by atoms with Crippen molar-refractivity contribution in [1.29, 1.82) is 0 Å². The predicted octanol–water partition coefficient (Wildman–Crippen LogP) is 5.11. The van der Waals surface area contributed by atoms with Crippen molar-refractivity contribution >= 4 is 24.7 Å². The van der Waals surface area contributed by atoms with Gasteiger partial charge in [-0.15, -0.1) is 0 Å². The van der Waals surface area contributed by atoms with Gasteiger partial charge in [0.25, 0.3) is 0 Å². The zero-order valence-corrected chi connectivity index (χ0v) is 16.8. The van der Waals surface area contributed by atoms with Gasteiger partial charge in [0.15, 0.2) is 0 Å². The largest absolute Gasteiger partial charge is 0.496 e. The third-order valence-electron chi connectivity index (χ3n) is 4.19. The first-order valence-electron chi connectivity index (χ1n) is 7.55. The van der Waals surface area contributed by atoms with Gasteiger partial charge in [-0.05, 0) is 57.1 Å². The van der Waals surface area contributed by atoms with E-state index in [1.807, 2.05) is 0 Å². The number of hydrogen-bond donors (Lipinski definition) is 0. The van der Waals surface area contributed by atoms with E-state index in [0.29, 0.717) is 5.04 Å². The molecule has 0 fully saturated rings. The van der Waals surface area contributed by atoms with Crippen LogP contribution in [0, 0.1) is 0 Å². The Hall–Kier alpha value is -0.323. The van der Waals surface area contributed by atoms with E-state index in [1.54, 1.807) is 7.11 Å². The molecule has 0 N–H and O–H groups in total. The van der Waals surface area contributed by atoms with Crippen LogP contribution in [0.2, 0.25) is 18.1 Å². The summed E-state index contributed by atoms with van der Waals surface area (Å²) < 4.78 is 12.4. The molecule has 0 spiro atoms. The second-order valence-electron chi connectivity index (χ2n) is 6.30. The van der Waals surface area contributed by atoms with Crippen molar-refractivity contribution in [3.8, 4) is 5.75 Å². The van der Waals surface area contributed by atoms with E-state index in [0.717, 1.165) is 36.3 Å². The Bertz CT molecular complexity index is 458. The van der Waals surface area contributed by atoms with Crippen LogP contribution in [-0.4, -0.2) is 29.1 Å². The summed E-state index contributed by atoms with van der Waals surface area (Å²) in [6, 6.07) is 4.30. The van der Waals surface area contributed by atoms with Gasteiger partial charge in [-0.25, -0.2) is 0 Å². The summed E-state index contributed by atoms with van der Waals surface area (Å²) in [5.41, 5.74) is 2.69. The molecule has 0 aliphatic carbocycles. The van der Waals surface area contributed by atoms with Gasteiger partial charge in [0.1, 0.15) is 5.75 Å². The van der Waals surface area contributed by atoms with E-state index in [9.17, 15) is 0 Å². The molecule has 0 aliphatic rings. The normalized spacial score (nSPS) is 12.0. The minimum atomic E-state index is -0.335. The highest BCUT2D eigenvalue weighted by Gasteiger charge is 2.23. The van der Waals surface area contributed by atoms with Crippen molar-refractivity contribution in [3.63, 3.8) is 0 Å². The van der Waals surface area contributed by atoms with E-state index >= 15 is 0 Å². The van der Waals surface area contributed by atoms with Gasteiger partial charge in [0.05, 0.1) is 27.0 Å². The number of ether oxygens (including phenoxy) is 2. The monoisotopic (exact) mass is 371 g/mol. The molecule has 119 valence electrons. The second-order valence-corrected chi connectivity index (χ2v) is 10.5.